The van der Waals surface area contributed by atoms with Crippen LogP contribution in [-0.2, 0) is 0 Å². The van der Waals surface area contributed by atoms with Crippen molar-refractivity contribution >= 4 is 11.7 Å². The van der Waals surface area contributed by atoms with Gasteiger partial charge in [-0.2, -0.15) is 13.2 Å². The summed E-state index contributed by atoms with van der Waals surface area (Å²) in [5.41, 5.74) is -1.89. The smallest absolute Gasteiger partial charge is 0.392 e. The average molecular weight is 297 g/mol. The Balaban J connectivity index is 3.01. The number of ether oxygens (including phenoxy) is 1. The van der Waals surface area contributed by atoms with Crippen LogP contribution in [-0.4, -0.2) is 28.8 Å². The van der Waals surface area contributed by atoms with Gasteiger partial charge in [0, 0.05) is 6.07 Å². The predicted molar refractivity (Wildman–Crippen MR) is 56.2 cm³/mol. The Labute approximate surface area is 108 Å². The SMILES string of the molecule is O=C(O)c1cc(OCCC(F)(F)F)c(F)cc1[N+](=O)[O-]. The van der Waals surface area contributed by atoms with E-state index in [4.69, 9.17) is 5.11 Å². The average Bonchev–Trinajstić information content (AvgIpc) is 2.28. The lowest BCUT2D eigenvalue weighted by atomic mass is 10.1. The number of alkyl halides is 3. The number of carboxylic acids is 1. The van der Waals surface area contributed by atoms with E-state index in [9.17, 15) is 32.5 Å². The molecule has 6 nitrogen and oxygen atoms in total. The fraction of sp³-hybridized carbons (Fsp3) is 0.300. The number of carboxylic acid groups (broad SMARTS) is 1. The highest BCUT2D eigenvalue weighted by molar-refractivity contribution is 5.92. The van der Waals surface area contributed by atoms with Gasteiger partial charge in [0.05, 0.1) is 24.0 Å². The normalized spacial score (nSPS) is 11.2. The van der Waals surface area contributed by atoms with E-state index in [2.05, 4.69) is 4.74 Å². The first-order chi connectivity index (χ1) is 9.11. The van der Waals surface area contributed by atoms with E-state index in [1.807, 2.05) is 0 Å². The van der Waals surface area contributed by atoms with Crippen molar-refractivity contribution in [3.63, 3.8) is 0 Å². The molecule has 0 fully saturated rings. The fourth-order valence-electron chi connectivity index (χ4n) is 1.25. The van der Waals surface area contributed by atoms with E-state index in [-0.39, 0.29) is 6.07 Å². The molecular weight excluding hydrogens is 290 g/mol. The lowest BCUT2D eigenvalue weighted by molar-refractivity contribution is -0.385. The zero-order valence-corrected chi connectivity index (χ0v) is 9.61. The number of carbonyl (C=O) groups is 1. The Morgan fingerprint density at radius 1 is 1.40 bits per heavy atom. The van der Waals surface area contributed by atoms with Gasteiger partial charge in [-0.3, -0.25) is 10.1 Å². The van der Waals surface area contributed by atoms with Crippen LogP contribution in [0.25, 0.3) is 0 Å². The Hall–Kier alpha value is -2.39. The maximum absolute atomic E-state index is 13.4. The maximum atomic E-state index is 13.4. The van der Waals surface area contributed by atoms with Crippen molar-refractivity contribution in [3.8, 4) is 5.75 Å². The molecule has 0 aliphatic carbocycles. The van der Waals surface area contributed by atoms with E-state index < -0.39 is 52.9 Å². The van der Waals surface area contributed by atoms with Crippen LogP contribution in [0.4, 0.5) is 23.2 Å². The number of nitro groups is 1. The van der Waals surface area contributed by atoms with Crippen LogP contribution in [0.5, 0.6) is 5.75 Å². The van der Waals surface area contributed by atoms with Gasteiger partial charge in [0.2, 0.25) is 0 Å². The predicted octanol–water partition coefficient (Wildman–Crippen LogP) is 2.76. The van der Waals surface area contributed by atoms with Crippen LogP contribution in [0, 0.1) is 15.9 Å². The van der Waals surface area contributed by atoms with Crippen LogP contribution < -0.4 is 4.74 Å². The van der Waals surface area contributed by atoms with Crippen molar-refractivity contribution in [2.75, 3.05) is 6.61 Å². The number of rotatable bonds is 5. The van der Waals surface area contributed by atoms with Gasteiger partial charge < -0.3 is 9.84 Å². The molecule has 0 aliphatic heterocycles. The van der Waals surface area contributed by atoms with Gasteiger partial charge in [0.15, 0.2) is 11.6 Å². The van der Waals surface area contributed by atoms with Gasteiger partial charge in [-0.15, -0.1) is 0 Å². The van der Waals surface area contributed by atoms with Crippen LogP contribution in [0.3, 0.4) is 0 Å². The van der Waals surface area contributed by atoms with Crippen molar-refractivity contribution in [2.45, 2.75) is 12.6 Å². The number of hydrogen-bond donors (Lipinski definition) is 1. The van der Waals surface area contributed by atoms with Crippen molar-refractivity contribution in [1.29, 1.82) is 0 Å². The van der Waals surface area contributed by atoms with Gasteiger partial charge >= 0.3 is 12.1 Å². The number of halogens is 4. The van der Waals surface area contributed by atoms with Crippen molar-refractivity contribution in [3.05, 3.63) is 33.6 Å². The van der Waals surface area contributed by atoms with Crippen LogP contribution >= 0.6 is 0 Å². The molecule has 0 bridgehead atoms. The number of hydrogen-bond acceptors (Lipinski definition) is 4. The minimum atomic E-state index is -4.52. The molecule has 0 unspecified atom stereocenters. The number of aromatic carboxylic acids is 1. The molecular formula is C10H7F4NO5. The lowest BCUT2D eigenvalue weighted by Gasteiger charge is -2.10. The zero-order chi connectivity index (χ0) is 15.5. The summed E-state index contributed by atoms with van der Waals surface area (Å²) in [6.07, 6.45) is -5.89. The molecule has 0 amide bonds. The third-order valence-electron chi connectivity index (χ3n) is 2.12. The van der Waals surface area contributed by atoms with Gasteiger partial charge in [0.1, 0.15) is 5.56 Å². The highest BCUT2D eigenvalue weighted by atomic mass is 19.4. The molecule has 0 spiro atoms. The molecule has 0 atom stereocenters. The Morgan fingerprint density at radius 3 is 2.45 bits per heavy atom. The topological polar surface area (TPSA) is 89.7 Å². The minimum absolute atomic E-state index is 0.284. The summed E-state index contributed by atoms with van der Waals surface area (Å²) in [6.45, 7) is -0.933. The fourth-order valence-corrected chi connectivity index (χ4v) is 1.25. The molecule has 0 saturated heterocycles. The van der Waals surface area contributed by atoms with E-state index in [0.29, 0.717) is 6.07 Å². The Bertz CT molecular complexity index is 543. The Morgan fingerprint density at radius 2 is 2.00 bits per heavy atom. The van der Waals surface area contributed by atoms with Gasteiger partial charge in [0.25, 0.3) is 5.69 Å². The first-order valence-corrected chi connectivity index (χ1v) is 5.02. The first-order valence-electron chi connectivity index (χ1n) is 5.02. The second-order valence-corrected chi connectivity index (χ2v) is 3.58. The summed E-state index contributed by atoms with van der Waals surface area (Å²) < 4.78 is 53.5. The molecule has 1 rings (SSSR count). The largest absolute Gasteiger partial charge is 0.490 e. The molecule has 1 N–H and O–H groups in total. The number of nitro benzene ring substituents is 1. The molecule has 0 heterocycles. The molecule has 1 aromatic carbocycles. The van der Waals surface area contributed by atoms with E-state index in [1.54, 1.807) is 0 Å². The van der Waals surface area contributed by atoms with Crippen LogP contribution in [0.2, 0.25) is 0 Å². The van der Waals surface area contributed by atoms with E-state index in [0.717, 1.165) is 0 Å². The number of benzene rings is 1. The molecule has 10 heteroatoms. The molecule has 0 radical (unpaired) electrons. The molecule has 20 heavy (non-hydrogen) atoms. The second-order valence-electron chi connectivity index (χ2n) is 3.58. The third-order valence-corrected chi connectivity index (χ3v) is 2.12. The zero-order valence-electron chi connectivity index (χ0n) is 9.61. The highest BCUT2D eigenvalue weighted by Gasteiger charge is 2.28. The first kappa shape index (κ1) is 15.7. The van der Waals surface area contributed by atoms with E-state index >= 15 is 0 Å². The summed E-state index contributed by atoms with van der Waals surface area (Å²) >= 11 is 0. The van der Waals surface area contributed by atoms with Crippen molar-refractivity contribution < 1.29 is 37.1 Å². The molecule has 0 saturated carbocycles. The van der Waals surface area contributed by atoms with Crippen LogP contribution in [0.15, 0.2) is 12.1 Å². The highest BCUT2D eigenvalue weighted by Crippen LogP contribution is 2.28. The van der Waals surface area contributed by atoms with Gasteiger partial charge in [-0.05, 0) is 0 Å². The summed E-state index contributed by atoms with van der Waals surface area (Å²) in [4.78, 5) is 20.2. The van der Waals surface area contributed by atoms with E-state index in [1.165, 1.54) is 0 Å². The lowest BCUT2D eigenvalue weighted by Crippen LogP contribution is -2.14. The summed E-state index contributed by atoms with van der Waals surface area (Å²) in [5.74, 6) is -3.83. The van der Waals surface area contributed by atoms with Gasteiger partial charge in [-0.25, -0.2) is 9.18 Å². The van der Waals surface area contributed by atoms with Crippen molar-refractivity contribution in [1.82, 2.24) is 0 Å². The maximum Gasteiger partial charge on any atom is 0.392 e. The molecule has 110 valence electrons. The molecule has 1 aromatic rings. The minimum Gasteiger partial charge on any atom is -0.490 e. The quantitative estimate of drug-likeness (QED) is 0.512. The molecule has 0 aromatic heterocycles. The third kappa shape index (κ3) is 4.07. The van der Waals surface area contributed by atoms with Crippen LogP contribution in [0.1, 0.15) is 16.8 Å². The summed E-state index contributed by atoms with van der Waals surface area (Å²) in [6, 6.07) is 0.762. The summed E-state index contributed by atoms with van der Waals surface area (Å²) in [5, 5.41) is 19.2. The Kier molecular flexibility index (Phi) is 4.48. The second kappa shape index (κ2) is 5.72. The molecule has 0 aliphatic rings. The van der Waals surface area contributed by atoms with Crippen molar-refractivity contribution in [2.24, 2.45) is 0 Å². The monoisotopic (exact) mass is 297 g/mol. The summed E-state index contributed by atoms with van der Waals surface area (Å²) in [7, 11) is 0. The standard InChI is InChI=1S/C10H7F4NO5/c11-6-4-7(15(18)19)5(9(16)17)3-8(6)20-2-1-10(12,13)14/h3-4H,1-2H2,(H,16,17). The van der Waals surface area contributed by atoms with Gasteiger partial charge in [-0.1, -0.05) is 0 Å². The number of nitrogens with zero attached hydrogens (tertiary/aromatic N) is 1.